The summed E-state index contributed by atoms with van der Waals surface area (Å²) in [6, 6.07) is 0.953. The molecule has 0 saturated heterocycles. The molecule has 0 aromatic heterocycles. The lowest BCUT2D eigenvalue weighted by atomic mass is 10.1. The molecule has 0 amide bonds. The molecule has 0 heterocycles. The zero-order chi connectivity index (χ0) is 17.2. The fourth-order valence-corrected chi connectivity index (χ4v) is 5.26. The van der Waals surface area contributed by atoms with Gasteiger partial charge in [0.2, 0.25) is 0 Å². The molecule has 0 saturated carbocycles. The van der Waals surface area contributed by atoms with Gasteiger partial charge < -0.3 is 13.3 Å². The summed E-state index contributed by atoms with van der Waals surface area (Å²) in [5, 5.41) is 0. The summed E-state index contributed by atoms with van der Waals surface area (Å²) >= 11 is 0. The van der Waals surface area contributed by atoms with E-state index in [9.17, 15) is 0 Å². The van der Waals surface area contributed by atoms with Crippen molar-refractivity contribution in [3.05, 3.63) is 12.7 Å². The molecule has 0 aliphatic carbocycles. The van der Waals surface area contributed by atoms with Gasteiger partial charge in [-0.3, -0.25) is 0 Å². The third-order valence-electron chi connectivity index (χ3n) is 4.18. The van der Waals surface area contributed by atoms with Crippen molar-refractivity contribution in [3.63, 3.8) is 0 Å². The predicted octanol–water partition coefficient (Wildman–Crippen LogP) is 6.12. The minimum Gasteiger partial charge on any atom is -0.377 e. The highest BCUT2D eigenvalue weighted by molar-refractivity contribution is 6.60. The first-order valence-electron chi connectivity index (χ1n) is 9.68. The van der Waals surface area contributed by atoms with Gasteiger partial charge in [-0.05, 0) is 33.1 Å². The van der Waals surface area contributed by atoms with Crippen LogP contribution in [-0.2, 0) is 13.3 Å². The lowest BCUT2D eigenvalue weighted by molar-refractivity contribution is 0.0859. The molecule has 0 aromatic carbocycles. The summed E-state index contributed by atoms with van der Waals surface area (Å²) in [4.78, 5) is 0. The smallest absolute Gasteiger partial charge is 0.377 e. The highest BCUT2D eigenvalue weighted by Crippen LogP contribution is 2.20. The first-order valence-corrected chi connectivity index (χ1v) is 11.6. The fraction of sp³-hybridized carbons (Fsp3) is 0.895. The third kappa shape index (κ3) is 12.9. The zero-order valence-corrected chi connectivity index (χ0v) is 16.9. The van der Waals surface area contributed by atoms with E-state index in [0.29, 0.717) is 13.2 Å². The van der Waals surface area contributed by atoms with Crippen LogP contribution in [-0.4, -0.2) is 29.1 Å². The average Bonchev–Trinajstić information content (AvgIpc) is 2.56. The number of allylic oxidation sites excluding steroid dienone is 1. The molecular weight excluding hydrogens is 304 g/mol. The van der Waals surface area contributed by atoms with E-state index in [2.05, 4.69) is 6.58 Å². The van der Waals surface area contributed by atoms with E-state index < -0.39 is 8.80 Å². The van der Waals surface area contributed by atoms with Crippen molar-refractivity contribution in [2.24, 2.45) is 0 Å². The van der Waals surface area contributed by atoms with Gasteiger partial charge in [0, 0.05) is 26.4 Å². The maximum Gasteiger partial charge on any atom is 0.500 e. The Bertz CT molecular complexity index is 253. The van der Waals surface area contributed by atoms with Crippen LogP contribution in [0.4, 0.5) is 0 Å². The molecule has 0 fully saturated rings. The van der Waals surface area contributed by atoms with Gasteiger partial charge in [-0.2, -0.15) is 0 Å². The van der Waals surface area contributed by atoms with E-state index in [4.69, 9.17) is 13.3 Å². The van der Waals surface area contributed by atoms with Crippen molar-refractivity contribution in [3.8, 4) is 0 Å². The van der Waals surface area contributed by atoms with Gasteiger partial charge in [-0.1, -0.05) is 57.4 Å². The van der Waals surface area contributed by atoms with E-state index in [1.54, 1.807) is 7.11 Å². The van der Waals surface area contributed by atoms with Crippen molar-refractivity contribution in [2.45, 2.75) is 90.5 Å². The largest absolute Gasteiger partial charge is 0.500 e. The van der Waals surface area contributed by atoms with E-state index in [-0.39, 0.29) is 0 Å². The molecule has 0 radical (unpaired) electrons. The molecule has 3 nitrogen and oxygen atoms in total. The molecule has 0 rings (SSSR count). The second-order valence-electron chi connectivity index (χ2n) is 6.12. The highest BCUT2D eigenvalue weighted by Gasteiger charge is 2.38. The van der Waals surface area contributed by atoms with Gasteiger partial charge in [0.25, 0.3) is 0 Å². The molecule has 0 unspecified atom stereocenters. The second kappa shape index (κ2) is 16.7. The van der Waals surface area contributed by atoms with Gasteiger partial charge >= 0.3 is 8.80 Å². The maximum atomic E-state index is 5.81. The van der Waals surface area contributed by atoms with E-state index in [1.165, 1.54) is 64.2 Å². The van der Waals surface area contributed by atoms with Crippen LogP contribution in [0, 0.1) is 0 Å². The first-order chi connectivity index (χ1) is 11.2. The molecule has 0 N–H and O–H groups in total. The van der Waals surface area contributed by atoms with E-state index in [1.807, 2.05) is 19.9 Å². The Morgan fingerprint density at radius 2 is 1.17 bits per heavy atom. The van der Waals surface area contributed by atoms with Crippen molar-refractivity contribution in [1.29, 1.82) is 0 Å². The average molecular weight is 345 g/mol. The first kappa shape index (κ1) is 22.8. The summed E-state index contributed by atoms with van der Waals surface area (Å²) in [6.45, 7) is 9.13. The fourth-order valence-electron chi connectivity index (χ4n) is 2.89. The lowest BCUT2D eigenvalue weighted by Crippen LogP contribution is -2.44. The Balaban J connectivity index is 3.50. The Kier molecular flexibility index (Phi) is 16.6. The molecule has 0 aliphatic rings. The molecule has 0 aromatic rings. The minimum absolute atomic E-state index is 0.673. The Hall–Kier alpha value is -0.163. The predicted molar refractivity (Wildman–Crippen MR) is 102 cm³/mol. The summed E-state index contributed by atoms with van der Waals surface area (Å²) in [6.07, 6.45) is 16.5. The monoisotopic (exact) mass is 344 g/mol. The Labute approximate surface area is 146 Å². The van der Waals surface area contributed by atoms with Crippen molar-refractivity contribution in [1.82, 2.24) is 0 Å². The molecule has 4 heteroatoms. The normalized spacial score (nSPS) is 11.8. The van der Waals surface area contributed by atoms with Crippen LogP contribution in [0.3, 0.4) is 0 Å². The molecule has 0 spiro atoms. The van der Waals surface area contributed by atoms with Crippen LogP contribution < -0.4 is 0 Å². The molecular formula is C19H40O3Si. The number of hydrogen-bond donors (Lipinski definition) is 0. The van der Waals surface area contributed by atoms with Crippen LogP contribution >= 0.6 is 0 Å². The van der Waals surface area contributed by atoms with Crippen LogP contribution in [0.5, 0.6) is 0 Å². The molecule has 0 bridgehead atoms. The van der Waals surface area contributed by atoms with Crippen LogP contribution in [0.15, 0.2) is 12.7 Å². The number of hydrogen-bond acceptors (Lipinski definition) is 3. The summed E-state index contributed by atoms with van der Waals surface area (Å²) < 4.78 is 17.2. The Morgan fingerprint density at radius 1 is 0.739 bits per heavy atom. The van der Waals surface area contributed by atoms with Crippen molar-refractivity contribution < 1.29 is 13.3 Å². The third-order valence-corrected chi connectivity index (χ3v) is 7.23. The standard InChI is InChI=1S/C19H40O3Si/c1-5-8-9-10-11-12-13-14-15-16-17-18-19-23(20-4,21-6-2)22-7-3/h5H,1,6-19H2,2-4H3. The SMILES string of the molecule is C=CCCCCCCCCCCCC[Si](OC)(OCC)OCC. The van der Waals surface area contributed by atoms with Gasteiger partial charge in [0.1, 0.15) is 0 Å². The van der Waals surface area contributed by atoms with Gasteiger partial charge in [0.15, 0.2) is 0 Å². The van der Waals surface area contributed by atoms with Gasteiger partial charge in [-0.15, -0.1) is 6.58 Å². The topological polar surface area (TPSA) is 27.7 Å². The molecule has 138 valence electrons. The number of rotatable bonds is 18. The van der Waals surface area contributed by atoms with Crippen LogP contribution in [0.25, 0.3) is 0 Å². The summed E-state index contributed by atoms with van der Waals surface area (Å²) in [7, 11) is -0.645. The quantitative estimate of drug-likeness (QED) is 0.170. The van der Waals surface area contributed by atoms with E-state index >= 15 is 0 Å². The molecule has 23 heavy (non-hydrogen) atoms. The summed E-state index contributed by atoms with van der Waals surface area (Å²) in [5.74, 6) is 0. The second-order valence-corrected chi connectivity index (χ2v) is 8.97. The van der Waals surface area contributed by atoms with Gasteiger partial charge in [-0.25, -0.2) is 0 Å². The van der Waals surface area contributed by atoms with E-state index in [0.717, 1.165) is 12.5 Å². The highest BCUT2D eigenvalue weighted by atomic mass is 28.4. The van der Waals surface area contributed by atoms with Crippen LogP contribution in [0.1, 0.15) is 84.5 Å². The van der Waals surface area contributed by atoms with Gasteiger partial charge in [0.05, 0.1) is 0 Å². The zero-order valence-electron chi connectivity index (χ0n) is 15.9. The Morgan fingerprint density at radius 3 is 1.57 bits per heavy atom. The molecule has 0 atom stereocenters. The van der Waals surface area contributed by atoms with Crippen LogP contribution in [0.2, 0.25) is 6.04 Å². The lowest BCUT2D eigenvalue weighted by Gasteiger charge is -2.27. The van der Waals surface area contributed by atoms with Crippen molar-refractivity contribution >= 4 is 8.80 Å². The maximum absolute atomic E-state index is 5.81. The minimum atomic E-state index is -2.37. The number of unbranched alkanes of at least 4 members (excludes halogenated alkanes) is 10. The summed E-state index contributed by atoms with van der Waals surface area (Å²) in [5.41, 5.74) is 0. The van der Waals surface area contributed by atoms with Crippen molar-refractivity contribution in [2.75, 3.05) is 20.3 Å². The molecule has 0 aliphatic heterocycles.